The number of nitrogens with zero attached hydrogens (tertiary/aromatic N) is 1. The SMILES string of the molecule is COc1ccc(C(=O)NNC(=O)CN2C(=O)COc3ccccc32)c(F)c1. The maximum Gasteiger partial charge on any atom is 0.272 e. The number of carbonyl (C=O) groups is 3. The highest BCUT2D eigenvalue weighted by molar-refractivity contribution is 6.02. The summed E-state index contributed by atoms with van der Waals surface area (Å²) in [6.07, 6.45) is 0. The van der Waals surface area contributed by atoms with Crippen molar-refractivity contribution >= 4 is 23.4 Å². The van der Waals surface area contributed by atoms with E-state index in [1.165, 1.54) is 24.1 Å². The van der Waals surface area contributed by atoms with Gasteiger partial charge in [-0.05, 0) is 24.3 Å². The maximum absolute atomic E-state index is 13.9. The van der Waals surface area contributed by atoms with E-state index in [2.05, 4.69) is 10.9 Å². The molecule has 0 saturated carbocycles. The van der Waals surface area contributed by atoms with Gasteiger partial charge >= 0.3 is 0 Å². The average Bonchev–Trinajstić information content (AvgIpc) is 2.68. The zero-order valence-corrected chi connectivity index (χ0v) is 14.3. The molecule has 27 heavy (non-hydrogen) atoms. The molecule has 0 bridgehead atoms. The first-order valence-corrected chi connectivity index (χ1v) is 7.94. The molecule has 0 aliphatic carbocycles. The molecule has 0 atom stereocenters. The van der Waals surface area contributed by atoms with Gasteiger partial charge in [0.25, 0.3) is 17.7 Å². The number of ether oxygens (including phenoxy) is 2. The van der Waals surface area contributed by atoms with Gasteiger partial charge in [-0.2, -0.15) is 0 Å². The first-order chi connectivity index (χ1) is 13.0. The van der Waals surface area contributed by atoms with Gasteiger partial charge in [0.15, 0.2) is 6.61 Å². The Morgan fingerprint density at radius 1 is 1.22 bits per heavy atom. The van der Waals surface area contributed by atoms with Gasteiger partial charge in [0.2, 0.25) is 0 Å². The number of methoxy groups -OCH3 is 1. The highest BCUT2D eigenvalue weighted by atomic mass is 19.1. The van der Waals surface area contributed by atoms with Gasteiger partial charge in [0, 0.05) is 6.07 Å². The Balaban J connectivity index is 1.62. The fraction of sp³-hybridized carbons (Fsp3) is 0.167. The number of hydrogen-bond acceptors (Lipinski definition) is 5. The maximum atomic E-state index is 13.9. The summed E-state index contributed by atoms with van der Waals surface area (Å²) in [4.78, 5) is 37.4. The first-order valence-electron chi connectivity index (χ1n) is 7.94. The van der Waals surface area contributed by atoms with E-state index in [1.54, 1.807) is 24.3 Å². The van der Waals surface area contributed by atoms with Gasteiger partial charge in [-0.1, -0.05) is 12.1 Å². The van der Waals surface area contributed by atoms with Crippen molar-refractivity contribution in [2.75, 3.05) is 25.2 Å². The molecule has 2 aromatic carbocycles. The normalized spacial score (nSPS) is 12.7. The zero-order valence-electron chi connectivity index (χ0n) is 14.3. The van der Waals surface area contributed by atoms with Crippen molar-refractivity contribution in [3.63, 3.8) is 0 Å². The Hall–Kier alpha value is -3.62. The third-order valence-electron chi connectivity index (χ3n) is 3.85. The Morgan fingerprint density at radius 2 is 2.00 bits per heavy atom. The van der Waals surface area contributed by atoms with E-state index >= 15 is 0 Å². The van der Waals surface area contributed by atoms with Gasteiger partial charge < -0.3 is 9.47 Å². The fourth-order valence-electron chi connectivity index (χ4n) is 2.51. The van der Waals surface area contributed by atoms with Crippen molar-refractivity contribution in [2.45, 2.75) is 0 Å². The second kappa shape index (κ2) is 7.73. The Kier molecular flexibility index (Phi) is 5.20. The topological polar surface area (TPSA) is 97.0 Å². The average molecular weight is 373 g/mol. The molecule has 0 fully saturated rings. The highest BCUT2D eigenvalue weighted by Gasteiger charge is 2.27. The molecule has 0 aromatic heterocycles. The van der Waals surface area contributed by atoms with Crippen LogP contribution in [0.2, 0.25) is 0 Å². The van der Waals surface area contributed by atoms with E-state index in [0.29, 0.717) is 11.4 Å². The lowest BCUT2D eigenvalue weighted by Crippen LogP contribution is -2.49. The fourth-order valence-corrected chi connectivity index (χ4v) is 2.51. The summed E-state index contributed by atoms with van der Waals surface area (Å²) in [5.41, 5.74) is 4.48. The quantitative estimate of drug-likeness (QED) is 0.780. The lowest BCUT2D eigenvalue weighted by molar-refractivity contribution is -0.125. The van der Waals surface area contributed by atoms with Crippen LogP contribution >= 0.6 is 0 Å². The number of benzene rings is 2. The Morgan fingerprint density at radius 3 is 2.74 bits per heavy atom. The highest BCUT2D eigenvalue weighted by Crippen LogP contribution is 2.31. The number of para-hydroxylation sites is 2. The van der Waals surface area contributed by atoms with Crippen LogP contribution in [0.4, 0.5) is 10.1 Å². The molecule has 2 aromatic rings. The van der Waals surface area contributed by atoms with E-state index in [0.717, 1.165) is 6.07 Å². The molecule has 0 radical (unpaired) electrons. The third kappa shape index (κ3) is 3.97. The van der Waals surface area contributed by atoms with Gasteiger partial charge in [-0.25, -0.2) is 4.39 Å². The molecule has 1 aliphatic heterocycles. The number of halogens is 1. The minimum atomic E-state index is -0.836. The molecule has 3 rings (SSSR count). The van der Waals surface area contributed by atoms with Crippen LogP contribution < -0.4 is 25.2 Å². The summed E-state index contributed by atoms with van der Waals surface area (Å²) in [6, 6.07) is 10.5. The van der Waals surface area contributed by atoms with Crippen LogP contribution in [-0.4, -0.2) is 38.0 Å². The summed E-state index contributed by atoms with van der Waals surface area (Å²) in [6.45, 7) is -0.516. The second-order valence-corrected chi connectivity index (χ2v) is 5.58. The molecule has 3 amide bonds. The monoisotopic (exact) mass is 373 g/mol. The number of hydrazine groups is 1. The molecule has 8 nitrogen and oxygen atoms in total. The van der Waals surface area contributed by atoms with E-state index in [1.807, 2.05) is 0 Å². The van der Waals surface area contributed by atoms with Gasteiger partial charge in [0.05, 0.1) is 18.4 Å². The van der Waals surface area contributed by atoms with Crippen LogP contribution in [0.1, 0.15) is 10.4 Å². The number of nitrogens with one attached hydrogen (secondary N) is 2. The number of anilines is 1. The Bertz CT molecular complexity index is 902. The van der Waals surface area contributed by atoms with Crippen LogP contribution in [0.5, 0.6) is 11.5 Å². The largest absolute Gasteiger partial charge is 0.497 e. The molecular formula is C18H16FN3O5. The van der Waals surface area contributed by atoms with Gasteiger partial charge in [0.1, 0.15) is 23.9 Å². The third-order valence-corrected chi connectivity index (χ3v) is 3.85. The second-order valence-electron chi connectivity index (χ2n) is 5.58. The molecule has 0 saturated heterocycles. The lowest BCUT2D eigenvalue weighted by Gasteiger charge is -2.28. The van der Waals surface area contributed by atoms with Crippen LogP contribution in [0.15, 0.2) is 42.5 Å². The molecule has 9 heteroatoms. The number of hydrogen-bond donors (Lipinski definition) is 2. The van der Waals surface area contributed by atoms with E-state index in [9.17, 15) is 18.8 Å². The molecule has 1 heterocycles. The number of fused-ring (bicyclic) bond motifs is 1. The predicted molar refractivity (Wildman–Crippen MR) is 92.9 cm³/mol. The molecule has 0 unspecified atom stereocenters. The Labute approximate surface area is 153 Å². The van der Waals surface area contributed by atoms with Crippen LogP contribution in [0, 0.1) is 5.82 Å². The summed E-state index contributed by atoms with van der Waals surface area (Å²) < 4.78 is 24.0. The molecular weight excluding hydrogens is 357 g/mol. The summed E-state index contributed by atoms with van der Waals surface area (Å²) in [5, 5.41) is 0. The van der Waals surface area contributed by atoms with Gasteiger partial charge in [-0.15, -0.1) is 0 Å². The molecule has 0 spiro atoms. The number of carbonyl (C=O) groups excluding carboxylic acids is 3. The lowest BCUT2D eigenvalue weighted by atomic mass is 10.2. The van der Waals surface area contributed by atoms with Crippen molar-refractivity contribution in [3.05, 3.63) is 53.8 Å². The zero-order chi connectivity index (χ0) is 19.4. The van der Waals surface area contributed by atoms with Crippen molar-refractivity contribution < 1.29 is 28.2 Å². The van der Waals surface area contributed by atoms with Crippen molar-refractivity contribution in [2.24, 2.45) is 0 Å². The minimum absolute atomic E-state index is 0.187. The van der Waals surface area contributed by atoms with Crippen molar-refractivity contribution in [3.8, 4) is 11.5 Å². The standard InChI is InChI=1S/C18H16FN3O5/c1-26-11-6-7-12(13(19)8-11)18(25)21-20-16(23)9-22-14-4-2-3-5-15(14)27-10-17(22)24/h2-8H,9-10H2,1H3,(H,20,23)(H,21,25). The smallest absolute Gasteiger partial charge is 0.272 e. The van der Waals surface area contributed by atoms with Crippen LogP contribution in [0.25, 0.3) is 0 Å². The van der Waals surface area contributed by atoms with Crippen LogP contribution in [-0.2, 0) is 9.59 Å². The van der Waals surface area contributed by atoms with Crippen molar-refractivity contribution in [1.29, 1.82) is 0 Å². The molecule has 140 valence electrons. The predicted octanol–water partition coefficient (Wildman–Crippen LogP) is 1.02. The van der Waals surface area contributed by atoms with E-state index in [4.69, 9.17) is 9.47 Å². The first kappa shape index (κ1) is 18.2. The molecule has 2 N–H and O–H groups in total. The van der Waals surface area contributed by atoms with E-state index in [-0.39, 0.29) is 24.5 Å². The summed E-state index contributed by atoms with van der Waals surface area (Å²) in [5.74, 6) is -1.93. The van der Waals surface area contributed by atoms with E-state index < -0.39 is 23.5 Å². The summed E-state index contributed by atoms with van der Waals surface area (Å²) >= 11 is 0. The molecule has 1 aliphatic rings. The van der Waals surface area contributed by atoms with Crippen molar-refractivity contribution in [1.82, 2.24) is 10.9 Å². The number of rotatable bonds is 4. The van der Waals surface area contributed by atoms with Crippen LogP contribution in [0.3, 0.4) is 0 Å². The minimum Gasteiger partial charge on any atom is -0.497 e. The van der Waals surface area contributed by atoms with Gasteiger partial charge in [-0.3, -0.25) is 30.1 Å². The number of amides is 3. The summed E-state index contributed by atoms with van der Waals surface area (Å²) in [7, 11) is 1.37.